The van der Waals surface area contributed by atoms with Crippen molar-refractivity contribution in [3.8, 4) is 0 Å². The third-order valence-corrected chi connectivity index (χ3v) is 6.83. The fraction of sp³-hybridized carbons (Fsp3) is 0.316. The van der Waals surface area contributed by atoms with Crippen LogP contribution in [0.3, 0.4) is 0 Å². The topological polar surface area (TPSA) is 66.5 Å². The van der Waals surface area contributed by atoms with E-state index in [-0.39, 0.29) is 17.2 Å². The number of anilines is 1. The molecule has 0 fully saturated rings. The van der Waals surface area contributed by atoms with Crippen molar-refractivity contribution in [2.75, 3.05) is 18.4 Å². The van der Waals surface area contributed by atoms with Crippen molar-refractivity contribution in [3.63, 3.8) is 0 Å². The molecule has 0 radical (unpaired) electrons. The summed E-state index contributed by atoms with van der Waals surface area (Å²) in [6.07, 6.45) is 0.0580. The zero-order chi connectivity index (χ0) is 20.2. The van der Waals surface area contributed by atoms with Gasteiger partial charge < -0.3 is 5.32 Å². The van der Waals surface area contributed by atoms with Gasteiger partial charge in [-0.3, -0.25) is 4.79 Å². The second-order valence-corrected chi connectivity index (χ2v) is 8.81. The van der Waals surface area contributed by atoms with Gasteiger partial charge in [0, 0.05) is 28.8 Å². The minimum Gasteiger partial charge on any atom is -0.326 e. The lowest BCUT2D eigenvalue weighted by Crippen LogP contribution is -2.30. The molecule has 0 aliphatic carbocycles. The van der Waals surface area contributed by atoms with Crippen LogP contribution in [0.15, 0.2) is 41.3 Å². The molecule has 146 valence electrons. The van der Waals surface area contributed by atoms with Crippen LogP contribution in [0, 0.1) is 6.92 Å². The van der Waals surface area contributed by atoms with Gasteiger partial charge in [0.15, 0.2) is 0 Å². The first-order valence-corrected chi connectivity index (χ1v) is 10.7. The SMILES string of the molecule is CCN(CC)S(=O)(=O)c1ccc(C)c(NC(=O)Cc2ccc(Cl)cc2Cl)c1. The lowest BCUT2D eigenvalue weighted by molar-refractivity contribution is -0.115. The Labute approximate surface area is 170 Å². The van der Waals surface area contributed by atoms with E-state index in [9.17, 15) is 13.2 Å². The maximum absolute atomic E-state index is 12.7. The van der Waals surface area contributed by atoms with Crippen molar-refractivity contribution in [1.29, 1.82) is 0 Å². The quantitative estimate of drug-likeness (QED) is 0.704. The molecule has 0 aromatic heterocycles. The number of nitrogens with zero attached hydrogens (tertiary/aromatic N) is 1. The third kappa shape index (κ3) is 5.23. The van der Waals surface area contributed by atoms with Gasteiger partial charge in [0.25, 0.3) is 0 Å². The molecular formula is C19H22Cl2N2O3S. The zero-order valence-electron chi connectivity index (χ0n) is 15.4. The van der Waals surface area contributed by atoms with E-state index in [4.69, 9.17) is 23.2 Å². The molecule has 5 nitrogen and oxygen atoms in total. The number of hydrogen-bond donors (Lipinski definition) is 1. The number of aryl methyl sites for hydroxylation is 1. The minimum absolute atomic E-state index is 0.0580. The summed E-state index contributed by atoms with van der Waals surface area (Å²) in [5, 5.41) is 3.68. The van der Waals surface area contributed by atoms with Gasteiger partial charge in [0.2, 0.25) is 15.9 Å². The van der Waals surface area contributed by atoms with Crippen molar-refractivity contribution in [2.45, 2.75) is 32.1 Å². The van der Waals surface area contributed by atoms with Crippen molar-refractivity contribution in [2.24, 2.45) is 0 Å². The Bertz CT molecular complexity index is 942. The molecule has 0 aliphatic rings. The van der Waals surface area contributed by atoms with Gasteiger partial charge in [-0.05, 0) is 42.3 Å². The summed E-state index contributed by atoms with van der Waals surface area (Å²) < 4.78 is 26.8. The van der Waals surface area contributed by atoms with Crippen molar-refractivity contribution in [3.05, 3.63) is 57.6 Å². The average molecular weight is 429 g/mol. The molecule has 2 rings (SSSR count). The van der Waals surface area contributed by atoms with Gasteiger partial charge >= 0.3 is 0 Å². The Kier molecular flexibility index (Phi) is 7.28. The third-order valence-electron chi connectivity index (χ3n) is 4.19. The van der Waals surface area contributed by atoms with E-state index in [2.05, 4.69) is 5.32 Å². The highest BCUT2D eigenvalue weighted by Crippen LogP contribution is 2.25. The van der Waals surface area contributed by atoms with E-state index in [1.807, 2.05) is 0 Å². The Morgan fingerprint density at radius 2 is 1.74 bits per heavy atom. The first-order chi connectivity index (χ1) is 12.7. The fourth-order valence-corrected chi connectivity index (χ4v) is 4.60. The second kappa shape index (κ2) is 9.06. The molecule has 0 heterocycles. The van der Waals surface area contributed by atoms with E-state index in [1.54, 1.807) is 51.1 Å². The van der Waals surface area contributed by atoms with Gasteiger partial charge in [0.05, 0.1) is 11.3 Å². The molecule has 0 saturated heterocycles. The van der Waals surface area contributed by atoms with Crippen LogP contribution in [-0.4, -0.2) is 31.7 Å². The van der Waals surface area contributed by atoms with Crippen LogP contribution < -0.4 is 5.32 Å². The number of benzene rings is 2. The molecule has 0 saturated carbocycles. The number of amides is 1. The molecule has 2 aromatic rings. The number of carbonyl (C=O) groups excluding carboxylic acids is 1. The number of sulfonamides is 1. The highest BCUT2D eigenvalue weighted by molar-refractivity contribution is 7.89. The van der Waals surface area contributed by atoms with Gasteiger partial charge in [0.1, 0.15) is 0 Å². The monoisotopic (exact) mass is 428 g/mol. The summed E-state index contributed by atoms with van der Waals surface area (Å²) in [7, 11) is -3.60. The lowest BCUT2D eigenvalue weighted by Gasteiger charge is -2.19. The van der Waals surface area contributed by atoms with E-state index < -0.39 is 10.0 Å². The molecule has 0 unspecified atom stereocenters. The summed E-state index contributed by atoms with van der Waals surface area (Å²) in [5.41, 5.74) is 1.87. The molecular weight excluding hydrogens is 407 g/mol. The zero-order valence-corrected chi connectivity index (χ0v) is 17.7. The molecule has 0 aliphatic heterocycles. The fourth-order valence-electron chi connectivity index (χ4n) is 2.64. The Balaban J connectivity index is 2.25. The van der Waals surface area contributed by atoms with Gasteiger partial charge in [-0.2, -0.15) is 4.31 Å². The van der Waals surface area contributed by atoms with E-state index in [1.165, 1.54) is 10.4 Å². The number of rotatable bonds is 7. The van der Waals surface area contributed by atoms with E-state index in [0.717, 1.165) is 5.56 Å². The first-order valence-electron chi connectivity index (χ1n) is 8.53. The van der Waals surface area contributed by atoms with Crippen molar-refractivity contribution >= 4 is 44.8 Å². The summed E-state index contributed by atoms with van der Waals surface area (Å²) in [5.74, 6) is -0.292. The Hall–Kier alpha value is -1.60. The number of halogens is 2. The second-order valence-electron chi connectivity index (χ2n) is 6.03. The van der Waals surface area contributed by atoms with Crippen molar-refractivity contribution in [1.82, 2.24) is 4.31 Å². The van der Waals surface area contributed by atoms with Crippen LogP contribution in [0.25, 0.3) is 0 Å². The normalized spacial score (nSPS) is 11.6. The number of carbonyl (C=O) groups is 1. The molecule has 1 N–H and O–H groups in total. The molecule has 1 amide bonds. The molecule has 8 heteroatoms. The largest absolute Gasteiger partial charge is 0.326 e. The molecule has 27 heavy (non-hydrogen) atoms. The van der Waals surface area contributed by atoms with Crippen LogP contribution in [0.2, 0.25) is 10.0 Å². The molecule has 0 spiro atoms. The van der Waals surface area contributed by atoms with Crippen LogP contribution in [0.1, 0.15) is 25.0 Å². The number of nitrogens with one attached hydrogen (secondary N) is 1. The predicted molar refractivity (Wildman–Crippen MR) is 110 cm³/mol. The van der Waals surface area contributed by atoms with Crippen molar-refractivity contribution < 1.29 is 13.2 Å². The van der Waals surface area contributed by atoms with Gasteiger partial charge in [-0.1, -0.05) is 49.2 Å². The first kappa shape index (κ1) is 21.7. The van der Waals surface area contributed by atoms with E-state index >= 15 is 0 Å². The van der Waals surface area contributed by atoms with Crippen LogP contribution in [-0.2, 0) is 21.2 Å². The highest BCUT2D eigenvalue weighted by atomic mass is 35.5. The van der Waals surface area contributed by atoms with Gasteiger partial charge in [-0.25, -0.2) is 8.42 Å². The summed E-state index contributed by atoms with van der Waals surface area (Å²) >= 11 is 12.0. The lowest BCUT2D eigenvalue weighted by atomic mass is 10.1. The van der Waals surface area contributed by atoms with E-state index in [0.29, 0.717) is 34.4 Å². The molecule has 0 atom stereocenters. The number of hydrogen-bond acceptors (Lipinski definition) is 3. The van der Waals surface area contributed by atoms with Gasteiger partial charge in [-0.15, -0.1) is 0 Å². The average Bonchev–Trinajstić information content (AvgIpc) is 2.60. The predicted octanol–water partition coefficient (Wildman–Crippen LogP) is 4.51. The Morgan fingerprint density at radius 3 is 2.33 bits per heavy atom. The smallest absolute Gasteiger partial charge is 0.243 e. The summed E-state index contributed by atoms with van der Waals surface area (Å²) in [4.78, 5) is 12.6. The standard InChI is InChI=1S/C19H22Cl2N2O3S/c1-4-23(5-2)27(25,26)16-9-6-13(3)18(12-16)22-19(24)10-14-7-8-15(20)11-17(14)21/h6-9,11-12H,4-5,10H2,1-3H3,(H,22,24). The molecule has 2 aromatic carbocycles. The van der Waals surface area contributed by atoms with Crippen LogP contribution in [0.5, 0.6) is 0 Å². The summed E-state index contributed by atoms with van der Waals surface area (Å²) in [6.45, 7) is 6.13. The minimum atomic E-state index is -3.60. The molecule has 0 bridgehead atoms. The Morgan fingerprint density at radius 1 is 1.07 bits per heavy atom. The maximum Gasteiger partial charge on any atom is 0.243 e. The summed E-state index contributed by atoms with van der Waals surface area (Å²) in [6, 6.07) is 9.66. The highest BCUT2D eigenvalue weighted by Gasteiger charge is 2.22. The van der Waals surface area contributed by atoms with Crippen LogP contribution >= 0.6 is 23.2 Å². The van der Waals surface area contributed by atoms with Crippen LogP contribution in [0.4, 0.5) is 5.69 Å². The maximum atomic E-state index is 12.7.